The van der Waals surface area contributed by atoms with Crippen LogP contribution in [0.4, 0.5) is 0 Å². The van der Waals surface area contributed by atoms with E-state index in [9.17, 15) is 9.59 Å². The van der Waals surface area contributed by atoms with Crippen LogP contribution >= 0.6 is 0 Å². The molecule has 0 unspecified atom stereocenters. The fraction of sp³-hybridized carbons (Fsp3) is 0.429. The van der Waals surface area contributed by atoms with Crippen LogP contribution in [0.3, 0.4) is 0 Å². The smallest absolute Gasteiger partial charge is 0.316 e. The van der Waals surface area contributed by atoms with Crippen molar-refractivity contribution in [3.63, 3.8) is 0 Å². The van der Waals surface area contributed by atoms with Gasteiger partial charge >= 0.3 is 5.97 Å². The Balaban J connectivity index is 2.84. The summed E-state index contributed by atoms with van der Waals surface area (Å²) in [7, 11) is 0. The average molecular weight is 234 g/mol. The van der Waals surface area contributed by atoms with Crippen molar-refractivity contribution >= 4 is 11.8 Å². The van der Waals surface area contributed by atoms with E-state index in [4.69, 9.17) is 4.74 Å². The van der Waals surface area contributed by atoms with Gasteiger partial charge in [0.05, 0.1) is 6.61 Å². The second-order valence-corrected chi connectivity index (χ2v) is 3.82. The SMILES string of the molecule is CCC[C@@H](C(=O)OCC)C(=O)c1ccccc1. The number of rotatable bonds is 6. The summed E-state index contributed by atoms with van der Waals surface area (Å²) in [5.74, 6) is -1.23. The standard InChI is InChI=1S/C14H18O3/c1-3-8-12(14(16)17-4-2)13(15)11-9-6-5-7-10-11/h5-7,9-10,12H,3-4,8H2,1-2H3/t12-/m1/s1. The van der Waals surface area contributed by atoms with Gasteiger partial charge in [-0.2, -0.15) is 0 Å². The van der Waals surface area contributed by atoms with Crippen molar-refractivity contribution in [1.82, 2.24) is 0 Å². The minimum atomic E-state index is -0.664. The topological polar surface area (TPSA) is 43.4 Å². The zero-order valence-electron chi connectivity index (χ0n) is 10.3. The van der Waals surface area contributed by atoms with E-state index in [2.05, 4.69) is 0 Å². The van der Waals surface area contributed by atoms with Crippen LogP contribution < -0.4 is 0 Å². The Morgan fingerprint density at radius 1 is 1.18 bits per heavy atom. The fourth-order valence-electron chi connectivity index (χ4n) is 1.69. The monoisotopic (exact) mass is 234 g/mol. The molecule has 0 aliphatic rings. The van der Waals surface area contributed by atoms with Gasteiger partial charge < -0.3 is 4.74 Å². The van der Waals surface area contributed by atoms with E-state index in [1.165, 1.54) is 0 Å². The molecule has 0 saturated heterocycles. The molecule has 0 spiro atoms. The van der Waals surface area contributed by atoms with Gasteiger partial charge in [0.1, 0.15) is 5.92 Å². The van der Waals surface area contributed by atoms with E-state index >= 15 is 0 Å². The second kappa shape index (κ2) is 6.84. The highest BCUT2D eigenvalue weighted by molar-refractivity contribution is 6.08. The molecule has 0 saturated carbocycles. The maximum atomic E-state index is 12.2. The van der Waals surface area contributed by atoms with E-state index in [1.807, 2.05) is 13.0 Å². The predicted molar refractivity (Wildman–Crippen MR) is 65.8 cm³/mol. The quantitative estimate of drug-likeness (QED) is 0.432. The summed E-state index contributed by atoms with van der Waals surface area (Å²) in [6.45, 7) is 4.00. The maximum absolute atomic E-state index is 12.2. The lowest BCUT2D eigenvalue weighted by Crippen LogP contribution is -2.26. The van der Waals surface area contributed by atoms with E-state index in [1.54, 1.807) is 31.2 Å². The molecule has 0 heterocycles. The summed E-state index contributed by atoms with van der Waals surface area (Å²) in [6.07, 6.45) is 1.31. The summed E-state index contributed by atoms with van der Waals surface area (Å²) in [6, 6.07) is 8.88. The fourth-order valence-corrected chi connectivity index (χ4v) is 1.69. The first-order valence-corrected chi connectivity index (χ1v) is 5.96. The lowest BCUT2D eigenvalue weighted by molar-refractivity contribution is -0.146. The van der Waals surface area contributed by atoms with Gasteiger partial charge in [-0.25, -0.2) is 0 Å². The highest BCUT2D eigenvalue weighted by Crippen LogP contribution is 2.16. The largest absolute Gasteiger partial charge is 0.465 e. The first kappa shape index (κ1) is 13.4. The summed E-state index contributed by atoms with van der Waals surface area (Å²) < 4.78 is 4.94. The molecule has 1 atom stereocenters. The molecule has 1 rings (SSSR count). The Bertz CT molecular complexity index is 370. The molecule has 0 radical (unpaired) electrons. The normalized spacial score (nSPS) is 11.9. The number of carbonyl (C=O) groups excluding carboxylic acids is 2. The zero-order chi connectivity index (χ0) is 12.7. The van der Waals surface area contributed by atoms with Crippen molar-refractivity contribution in [2.24, 2.45) is 5.92 Å². The molecule has 0 amide bonds. The van der Waals surface area contributed by atoms with Crippen molar-refractivity contribution in [3.05, 3.63) is 35.9 Å². The van der Waals surface area contributed by atoms with Crippen LogP contribution in [0.15, 0.2) is 30.3 Å². The second-order valence-electron chi connectivity index (χ2n) is 3.82. The number of ketones is 1. The summed E-state index contributed by atoms with van der Waals surface area (Å²) in [4.78, 5) is 23.9. The molecule has 0 bridgehead atoms. The van der Waals surface area contributed by atoms with Crippen molar-refractivity contribution < 1.29 is 14.3 Å². The van der Waals surface area contributed by atoms with Gasteiger partial charge in [0.25, 0.3) is 0 Å². The van der Waals surface area contributed by atoms with Crippen LogP contribution in [-0.2, 0) is 9.53 Å². The molecule has 0 aliphatic carbocycles. The molecular formula is C14H18O3. The highest BCUT2D eigenvalue weighted by atomic mass is 16.5. The lowest BCUT2D eigenvalue weighted by atomic mass is 9.93. The third-order valence-corrected chi connectivity index (χ3v) is 2.52. The molecule has 92 valence electrons. The third-order valence-electron chi connectivity index (χ3n) is 2.52. The minimum absolute atomic E-state index is 0.147. The van der Waals surface area contributed by atoms with Crippen LogP contribution in [0.1, 0.15) is 37.0 Å². The number of esters is 1. The molecule has 3 nitrogen and oxygen atoms in total. The number of benzene rings is 1. The Morgan fingerprint density at radius 2 is 1.82 bits per heavy atom. The van der Waals surface area contributed by atoms with Crippen LogP contribution in [0.25, 0.3) is 0 Å². The Hall–Kier alpha value is -1.64. The van der Waals surface area contributed by atoms with Gasteiger partial charge in [-0.05, 0) is 13.3 Å². The van der Waals surface area contributed by atoms with Gasteiger partial charge in [0.15, 0.2) is 5.78 Å². The van der Waals surface area contributed by atoms with Crippen LogP contribution in [-0.4, -0.2) is 18.4 Å². The molecule has 0 fully saturated rings. The van der Waals surface area contributed by atoms with Gasteiger partial charge in [-0.3, -0.25) is 9.59 Å². The van der Waals surface area contributed by atoms with Gasteiger partial charge in [0.2, 0.25) is 0 Å². The van der Waals surface area contributed by atoms with E-state index in [0.29, 0.717) is 18.6 Å². The Morgan fingerprint density at radius 3 is 2.35 bits per heavy atom. The number of Topliss-reactive ketones (excluding diaryl/α,β-unsaturated/α-hetero) is 1. The van der Waals surface area contributed by atoms with Crippen molar-refractivity contribution in [1.29, 1.82) is 0 Å². The van der Waals surface area contributed by atoms with E-state index < -0.39 is 11.9 Å². The summed E-state index contributed by atoms with van der Waals surface area (Å²) in [5.41, 5.74) is 0.569. The molecule has 17 heavy (non-hydrogen) atoms. The van der Waals surface area contributed by atoms with Gasteiger partial charge in [-0.15, -0.1) is 0 Å². The number of hydrogen-bond acceptors (Lipinski definition) is 3. The Kier molecular flexibility index (Phi) is 5.40. The molecule has 1 aromatic rings. The predicted octanol–water partition coefficient (Wildman–Crippen LogP) is 2.85. The van der Waals surface area contributed by atoms with Crippen LogP contribution in [0, 0.1) is 5.92 Å². The number of ether oxygens (including phenoxy) is 1. The molecule has 0 aromatic heterocycles. The first-order valence-electron chi connectivity index (χ1n) is 5.96. The average Bonchev–Trinajstić information content (AvgIpc) is 2.36. The highest BCUT2D eigenvalue weighted by Gasteiger charge is 2.27. The maximum Gasteiger partial charge on any atom is 0.316 e. The third kappa shape index (κ3) is 3.70. The van der Waals surface area contributed by atoms with Gasteiger partial charge in [-0.1, -0.05) is 43.7 Å². The molecule has 0 aliphatic heterocycles. The molecular weight excluding hydrogens is 216 g/mol. The number of carbonyl (C=O) groups is 2. The van der Waals surface area contributed by atoms with E-state index in [-0.39, 0.29) is 5.78 Å². The van der Waals surface area contributed by atoms with Crippen molar-refractivity contribution in [2.45, 2.75) is 26.7 Å². The zero-order valence-corrected chi connectivity index (χ0v) is 10.3. The Labute approximate surface area is 102 Å². The molecule has 0 N–H and O–H groups in total. The van der Waals surface area contributed by atoms with Crippen molar-refractivity contribution in [3.8, 4) is 0 Å². The molecule has 1 aromatic carbocycles. The van der Waals surface area contributed by atoms with Crippen molar-refractivity contribution in [2.75, 3.05) is 6.61 Å². The number of hydrogen-bond donors (Lipinski definition) is 0. The summed E-state index contributed by atoms with van der Waals surface area (Å²) >= 11 is 0. The van der Waals surface area contributed by atoms with Crippen LogP contribution in [0.5, 0.6) is 0 Å². The molecule has 3 heteroatoms. The summed E-state index contributed by atoms with van der Waals surface area (Å²) in [5, 5.41) is 0. The van der Waals surface area contributed by atoms with Gasteiger partial charge in [0, 0.05) is 5.56 Å². The van der Waals surface area contributed by atoms with E-state index in [0.717, 1.165) is 6.42 Å². The lowest BCUT2D eigenvalue weighted by Gasteiger charge is -2.13. The minimum Gasteiger partial charge on any atom is -0.465 e. The van der Waals surface area contributed by atoms with Crippen LogP contribution in [0.2, 0.25) is 0 Å². The first-order chi connectivity index (χ1) is 8.20.